The van der Waals surface area contributed by atoms with Crippen LogP contribution in [0.5, 0.6) is 23.0 Å². The van der Waals surface area contributed by atoms with Crippen LogP contribution >= 0.6 is 43.2 Å². The summed E-state index contributed by atoms with van der Waals surface area (Å²) < 4.78 is 30.5. The maximum atomic E-state index is 14.0. The van der Waals surface area contributed by atoms with Crippen LogP contribution in [-0.4, -0.2) is 45.6 Å². The molecular weight excluding hydrogens is 656 g/mol. The van der Waals surface area contributed by atoms with E-state index in [9.17, 15) is 9.59 Å². The molecule has 0 bridgehead atoms. The van der Waals surface area contributed by atoms with Crippen LogP contribution in [0.25, 0.3) is 6.08 Å². The van der Waals surface area contributed by atoms with Crippen LogP contribution in [0.3, 0.4) is 0 Å². The van der Waals surface area contributed by atoms with Crippen LogP contribution < -0.4 is 33.8 Å². The number of nitrogens with zero attached hydrogens (tertiary/aromatic N) is 2. The number of halogens is 2. The lowest BCUT2D eigenvalue weighted by Gasteiger charge is -2.26. The molecule has 4 rings (SSSR count). The molecule has 0 spiro atoms. The van der Waals surface area contributed by atoms with E-state index in [0.29, 0.717) is 58.1 Å². The first-order valence-corrected chi connectivity index (χ1v) is 14.1. The molecular formula is C27H26Br2N2O7S. The molecule has 0 N–H and O–H groups in total. The highest BCUT2D eigenvalue weighted by molar-refractivity contribution is 9.10. The van der Waals surface area contributed by atoms with Crippen molar-refractivity contribution in [3.8, 4) is 23.0 Å². The maximum absolute atomic E-state index is 14.0. The summed E-state index contributed by atoms with van der Waals surface area (Å²) in [7, 11) is 6.17. The molecule has 0 unspecified atom stereocenters. The highest BCUT2D eigenvalue weighted by atomic mass is 79.9. The number of thiazole rings is 1. The number of carbonyl (C=O) groups excluding carboxylic acids is 1. The van der Waals surface area contributed by atoms with Gasteiger partial charge < -0.3 is 23.7 Å². The van der Waals surface area contributed by atoms with Crippen LogP contribution in [0.15, 0.2) is 54.3 Å². The first-order valence-electron chi connectivity index (χ1n) is 11.7. The zero-order valence-corrected chi connectivity index (χ0v) is 26.1. The predicted octanol–water partition coefficient (Wildman–Crippen LogP) is 4.36. The number of esters is 1. The van der Waals surface area contributed by atoms with Crippen LogP contribution in [0.4, 0.5) is 0 Å². The van der Waals surface area contributed by atoms with Gasteiger partial charge in [-0.15, -0.1) is 0 Å². The fraction of sp³-hybridized carbons (Fsp3) is 0.296. The van der Waals surface area contributed by atoms with Crippen molar-refractivity contribution in [2.24, 2.45) is 4.99 Å². The molecule has 1 aliphatic heterocycles. The monoisotopic (exact) mass is 680 g/mol. The number of aromatic nitrogens is 1. The van der Waals surface area contributed by atoms with Gasteiger partial charge in [-0.25, -0.2) is 9.79 Å². The second kappa shape index (κ2) is 12.0. The van der Waals surface area contributed by atoms with E-state index >= 15 is 0 Å². The summed E-state index contributed by atoms with van der Waals surface area (Å²) in [6.45, 7) is 3.63. The van der Waals surface area contributed by atoms with Gasteiger partial charge in [0.05, 0.1) is 61.4 Å². The van der Waals surface area contributed by atoms with Crippen molar-refractivity contribution in [2.75, 3.05) is 35.0 Å². The molecule has 0 saturated carbocycles. The molecule has 0 fully saturated rings. The summed E-state index contributed by atoms with van der Waals surface area (Å²) in [5.41, 5.74) is 1.67. The quantitative estimate of drug-likeness (QED) is 0.326. The molecule has 0 saturated heterocycles. The second-order valence-corrected chi connectivity index (χ2v) is 11.0. The Hall–Kier alpha value is -3.09. The Bertz CT molecular complexity index is 1660. The predicted molar refractivity (Wildman–Crippen MR) is 155 cm³/mol. The summed E-state index contributed by atoms with van der Waals surface area (Å²) in [5.74, 6) is 1.52. The van der Waals surface area contributed by atoms with Gasteiger partial charge in [0.1, 0.15) is 11.5 Å². The topological polar surface area (TPSA) is 97.6 Å². The molecule has 39 heavy (non-hydrogen) atoms. The summed E-state index contributed by atoms with van der Waals surface area (Å²) in [5, 5.41) is 0. The van der Waals surface area contributed by atoms with E-state index in [1.807, 2.05) is 6.07 Å². The van der Waals surface area contributed by atoms with Gasteiger partial charge >= 0.3 is 5.97 Å². The average molecular weight is 682 g/mol. The molecule has 0 aliphatic carbocycles. The van der Waals surface area contributed by atoms with E-state index in [-0.39, 0.29) is 17.7 Å². The Labute approximate surface area is 245 Å². The number of carbonyl (C=O) groups is 1. The fourth-order valence-electron chi connectivity index (χ4n) is 4.30. The third-order valence-corrected chi connectivity index (χ3v) is 8.39. The highest BCUT2D eigenvalue weighted by Gasteiger charge is 2.35. The molecule has 2 aromatic carbocycles. The van der Waals surface area contributed by atoms with Crippen molar-refractivity contribution in [2.45, 2.75) is 19.9 Å². The Morgan fingerprint density at radius 1 is 0.974 bits per heavy atom. The van der Waals surface area contributed by atoms with Crippen molar-refractivity contribution in [3.63, 3.8) is 0 Å². The first-order chi connectivity index (χ1) is 18.7. The van der Waals surface area contributed by atoms with Crippen molar-refractivity contribution >= 4 is 55.2 Å². The normalized spacial score (nSPS) is 15.0. The van der Waals surface area contributed by atoms with Gasteiger partial charge in [-0.05, 0) is 59.6 Å². The van der Waals surface area contributed by atoms with E-state index in [4.69, 9.17) is 23.7 Å². The van der Waals surface area contributed by atoms with E-state index in [2.05, 4.69) is 36.9 Å². The summed E-state index contributed by atoms with van der Waals surface area (Å²) >= 11 is 8.31. The molecule has 1 aromatic heterocycles. The minimum absolute atomic E-state index is 0.173. The number of hydrogen-bond donors (Lipinski definition) is 0. The first kappa shape index (κ1) is 28.9. The van der Waals surface area contributed by atoms with Gasteiger partial charge in [0, 0.05) is 16.1 Å². The molecule has 1 aliphatic rings. The van der Waals surface area contributed by atoms with Crippen LogP contribution in [-0.2, 0) is 9.53 Å². The van der Waals surface area contributed by atoms with Gasteiger partial charge in [-0.1, -0.05) is 27.3 Å². The second-order valence-electron chi connectivity index (χ2n) is 8.26. The number of ether oxygens (including phenoxy) is 5. The zero-order chi connectivity index (χ0) is 28.4. The minimum atomic E-state index is -0.832. The van der Waals surface area contributed by atoms with E-state index in [1.165, 1.54) is 30.1 Å². The summed E-state index contributed by atoms with van der Waals surface area (Å²) in [4.78, 5) is 32.3. The molecule has 0 amide bonds. The van der Waals surface area contributed by atoms with Gasteiger partial charge in [0.15, 0.2) is 16.3 Å². The van der Waals surface area contributed by atoms with Crippen molar-refractivity contribution in [1.82, 2.24) is 4.57 Å². The molecule has 9 nitrogen and oxygen atoms in total. The van der Waals surface area contributed by atoms with Gasteiger partial charge in [0.2, 0.25) is 0 Å². The Morgan fingerprint density at radius 3 is 2.23 bits per heavy atom. The molecule has 12 heteroatoms. The standard InChI is InChI=1S/C27H26Br2N2O7S/c1-7-38-26(33)23-13(2)30-27-31(24(23)15-10-20(36-5)21(37-6)11-16(15)28)25(32)22(39-27)9-14-8-17(29)19(35-4)12-18(14)34-3/h8-12,24H,7H2,1-6H3/b22-9-/t24-/m1/s1. The van der Waals surface area contributed by atoms with E-state index < -0.39 is 12.0 Å². The number of benzene rings is 2. The number of fused-ring (bicyclic) bond motifs is 1. The third kappa shape index (κ3) is 5.37. The molecule has 0 radical (unpaired) electrons. The van der Waals surface area contributed by atoms with E-state index in [0.717, 1.165) is 0 Å². The Kier molecular flexibility index (Phi) is 8.87. The average Bonchev–Trinajstić information content (AvgIpc) is 3.22. The molecule has 2 heterocycles. The lowest BCUT2D eigenvalue weighted by Crippen LogP contribution is -2.40. The third-order valence-electron chi connectivity index (χ3n) is 6.11. The van der Waals surface area contributed by atoms with E-state index in [1.54, 1.807) is 52.3 Å². The SMILES string of the molecule is CCOC(=O)C1=C(C)N=c2s/c(=C\c3cc(Br)c(OC)cc3OC)c(=O)n2[C@@H]1c1cc(OC)c(OC)cc1Br. The number of allylic oxidation sites excluding steroid dienone is 1. The molecule has 206 valence electrons. The smallest absolute Gasteiger partial charge is 0.338 e. The number of rotatable bonds is 8. The summed E-state index contributed by atoms with van der Waals surface area (Å²) in [6, 6.07) is 6.20. The Morgan fingerprint density at radius 2 is 1.62 bits per heavy atom. The summed E-state index contributed by atoms with van der Waals surface area (Å²) in [6.07, 6.45) is 1.73. The fourth-order valence-corrected chi connectivity index (χ4v) is 6.40. The number of methoxy groups -OCH3 is 4. The van der Waals surface area contributed by atoms with Gasteiger partial charge in [0.25, 0.3) is 5.56 Å². The molecule has 1 atom stereocenters. The zero-order valence-electron chi connectivity index (χ0n) is 22.1. The minimum Gasteiger partial charge on any atom is -0.496 e. The van der Waals surface area contributed by atoms with Gasteiger partial charge in [-0.2, -0.15) is 0 Å². The van der Waals surface area contributed by atoms with Crippen molar-refractivity contribution in [1.29, 1.82) is 0 Å². The lowest BCUT2D eigenvalue weighted by atomic mass is 9.95. The van der Waals surface area contributed by atoms with Crippen molar-refractivity contribution < 1.29 is 28.5 Å². The van der Waals surface area contributed by atoms with Crippen molar-refractivity contribution in [3.05, 3.63) is 75.3 Å². The molecule has 3 aromatic rings. The van der Waals surface area contributed by atoms with Gasteiger partial charge in [-0.3, -0.25) is 9.36 Å². The van der Waals surface area contributed by atoms with Crippen LogP contribution in [0.1, 0.15) is 31.0 Å². The largest absolute Gasteiger partial charge is 0.496 e. The highest BCUT2D eigenvalue weighted by Crippen LogP contribution is 2.41. The lowest BCUT2D eigenvalue weighted by molar-refractivity contribution is -0.139. The Balaban J connectivity index is 2.02. The maximum Gasteiger partial charge on any atom is 0.338 e. The number of hydrogen-bond acceptors (Lipinski definition) is 9. The van der Waals surface area contributed by atoms with Crippen LogP contribution in [0, 0.1) is 0 Å². The van der Waals surface area contributed by atoms with Crippen LogP contribution in [0.2, 0.25) is 0 Å².